The van der Waals surface area contributed by atoms with Gasteiger partial charge in [0, 0.05) is 5.41 Å². The normalized spacial score (nSPS) is 17.2. The van der Waals surface area contributed by atoms with Gasteiger partial charge in [0.25, 0.3) is 0 Å². The smallest absolute Gasteiger partial charge is 0.304 e. The maximum atomic E-state index is 13.2. The fourth-order valence-corrected chi connectivity index (χ4v) is 2.31. The summed E-state index contributed by atoms with van der Waals surface area (Å²) in [7, 11) is 0. The highest BCUT2D eigenvalue weighted by Gasteiger charge is 2.46. The van der Waals surface area contributed by atoms with Crippen molar-refractivity contribution in [3.63, 3.8) is 0 Å². The van der Waals surface area contributed by atoms with Gasteiger partial charge in [-0.2, -0.15) is 0 Å². The van der Waals surface area contributed by atoms with E-state index in [2.05, 4.69) is 15.9 Å². The molecule has 0 heterocycles. The summed E-state index contributed by atoms with van der Waals surface area (Å²) >= 11 is 2.92. The molecular formula is C11H9BrF2O2. The van der Waals surface area contributed by atoms with Gasteiger partial charge in [-0.25, -0.2) is 8.78 Å². The summed E-state index contributed by atoms with van der Waals surface area (Å²) in [5.74, 6) is -2.80. The van der Waals surface area contributed by atoms with E-state index < -0.39 is 23.0 Å². The Balaban J connectivity index is 2.38. The van der Waals surface area contributed by atoms with Gasteiger partial charge in [-0.3, -0.25) is 4.79 Å². The van der Waals surface area contributed by atoms with E-state index >= 15 is 0 Å². The Bertz CT molecular complexity index is 432. The standard InChI is InChI=1S/C11H9BrF2O2/c12-7-3-6(4-8(13)10(7)14)11(1-2-11)5-9(15)16/h3-4H,1-2,5H2,(H,15,16). The van der Waals surface area contributed by atoms with Crippen LogP contribution in [0.3, 0.4) is 0 Å². The van der Waals surface area contributed by atoms with E-state index in [1.165, 1.54) is 6.07 Å². The number of halogens is 3. The maximum absolute atomic E-state index is 13.2. The molecule has 1 aromatic rings. The molecule has 0 amide bonds. The second-order valence-electron chi connectivity index (χ2n) is 4.10. The van der Waals surface area contributed by atoms with Crippen molar-refractivity contribution >= 4 is 21.9 Å². The third kappa shape index (κ3) is 1.96. The van der Waals surface area contributed by atoms with Crippen LogP contribution in [0.5, 0.6) is 0 Å². The van der Waals surface area contributed by atoms with Crippen molar-refractivity contribution in [3.8, 4) is 0 Å². The van der Waals surface area contributed by atoms with Gasteiger partial charge in [-0.1, -0.05) is 0 Å². The molecule has 1 saturated carbocycles. The van der Waals surface area contributed by atoms with E-state index in [1.54, 1.807) is 0 Å². The van der Waals surface area contributed by atoms with Gasteiger partial charge in [0.05, 0.1) is 10.9 Å². The first-order valence-corrected chi connectivity index (χ1v) is 5.61. The number of carboxylic acid groups (broad SMARTS) is 1. The maximum Gasteiger partial charge on any atom is 0.304 e. The summed E-state index contributed by atoms with van der Waals surface area (Å²) in [6, 6.07) is 2.56. The minimum atomic E-state index is -0.943. The molecule has 1 aliphatic rings. The quantitative estimate of drug-likeness (QED) is 0.868. The predicted molar refractivity (Wildman–Crippen MR) is 57.2 cm³/mol. The molecule has 16 heavy (non-hydrogen) atoms. The second-order valence-corrected chi connectivity index (χ2v) is 4.96. The SMILES string of the molecule is O=C(O)CC1(c2cc(F)c(F)c(Br)c2)CC1. The molecule has 0 aliphatic heterocycles. The molecule has 1 fully saturated rings. The summed E-state index contributed by atoms with van der Waals surface area (Å²) in [5, 5.41) is 8.76. The summed E-state index contributed by atoms with van der Waals surface area (Å²) in [6.45, 7) is 0. The van der Waals surface area contributed by atoms with Crippen molar-refractivity contribution in [2.45, 2.75) is 24.7 Å². The molecule has 1 N–H and O–H groups in total. The highest BCUT2D eigenvalue weighted by atomic mass is 79.9. The van der Waals surface area contributed by atoms with Gasteiger partial charge in [-0.15, -0.1) is 0 Å². The highest BCUT2D eigenvalue weighted by molar-refractivity contribution is 9.10. The fourth-order valence-electron chi connectivity index (χ4n) is 1.87. The van der Waals surface area contributed by atoms with Crippen molar-refractivity contribution in [2.75, 3.05) is 0 Å². The van der Waals surface area contributed by atoms with Crippen LogP contribution in [0.25, 0.3) is 0 Å². The lowest BCUT2D eigenvalue weighted by Crippen LogP contribution is -2.13. The lowest BCUT2D eigenvalue weighted by atomic mass is 9.92. The zero-order chi connectivity index (χ0) is 11.9. The molecule has 0 bridgehead atoms. The number of carbonyl (C=O) groups is 1. The Morgan fingerprint density at radius 1 is 1.44 bits per heavy atom. The van der Waals surface area contributed by atoms with Crippen LogP contribution >= 0.6 is 15.9 Å². The average molecular weight is 291 g/mol. The minimum absolute atomic E-state index is 0.0372. The zero-order valence-electron chi connectivity index (χ0n) is 8.27. The topological polar surface area (TPSA) is 37.3 Å². The van der Waals surface area contributed by atoms with Crippen molar-refractivity contribution in [2.24, 2.45) is 0 Å². The van der Waals surface area contributed by atoms with Crippen molar-refractivity contribution < 1.29 is 18.7 Å². The lowest BCUT2D eigenvalue weighted by molar-refractivity contribution is -0.137. The molecular weight excluding hydrogens is 282 g/mol. The number of carboxylic acids is 1. The molecule has 2 rings (SSSR count). The average Bonchev–Trinajstić information content (AvgIpc) is 2.93. The fraction of sp³-hybridized carbons (Fsp3) is 0.364. The molecule has 0 atom stereocenters. The van der Waals surface area contributed by atoms with Crippen LogP contribution in [0.1, 0.15) is 24.8 Å². The molecule has 86 valence electrons. The van der Waals surface area contributed by atoms with E-state index in [-0.39, 0.29) is 10.9 Å². The number of benzene rings is 1. The van der Waals surface area contributed by atoms with Crippen LogP contribution in [0, 0.1) is 11.6 Å². The van der Waals surface area contributed by atoms with Gasteiger partial charge in [0.2, 0.25) is 0 Å². The Morgan fingerprint density at radius 2 is 2.06 bits per heavy atom. The molecule has 0 spiro atoms. The molecule has 2 nitrogen and oxygen atoms in total. The molecule has 1 aliphatic carbocycles. The first-order chi connectivity index (χ1) is 7.44. The van der Waals surface area contributed by atoms with Crippen LogP contribution in [-0.4, -0.2) is 11.1 Å². The lowest BCUT2D eigenvalue weighted by Gasteiger charge is -2.13. The number of hydrogen-bond acceptors (Lipinski definition) is 1. The largest absolute Gasteiger partial charge is 0.481 e. The first kappa shape index (κ1) is 11.5. The van der Waals surface area contributed by atoms with E-state index in [9.17, 15) is 13.6 Å². The van der Waals surface area contributed by atoms with Gasteiger partial charge < -0.3 is 5.11 Å². The summed E-state index contributed by atoms with van der Waals surface area (Å²) in [4.78, 5) is 10.7. The van der Waals surface area contributed by atoms with E-state index in [4.69, 9.17) is 5.11 Å². The van der Waals surface area contributed by atoms with Crippen molar-refractivity contribution in [1.29, 1.82) is 0 Å². The molecule has 0 radical (unpaired) electrons. The number of aliphatic carboxylic acids is 1. The monoisotopic (exact) mass is 290 g/mol. The number of rotatable bonds is 3. The Labute approximate surface area is 99.4 Å². The third-order valence-corrected chi connectivity index (χ3v) is 3.52. The van der Waals surface area contributed by atoms with Crippen LogP contribution in [-0.2, 0) is 10.2 Å². The van der Waals surface area contributed by atoms with Gasteiger partial charge in [0.1, 0.15) is 0 Å². The van der Waals surface area contributed by atoms with E-state index in [0.717, 1.165) is 6.07 Å². The summed E-state index contributed by atoms with van der Waals surface area (Å²) in [6.07, 6.45) is 1.37. The molecule has 0 unspecified atom stereocenters. The third-order valence-electron chi connectivity index (χ3n) is 2.94. The van der Waals surface area contributed by atoms with E-state index in [1.807, 2.05) is 0 Å². The van der Waals surface area contributed by atoms with E-state index in [0.29, 0.717) is 18.4 Å². The van der Waals surface area contributed by atoms with Gasteiger partial charge in [0.15, 0.2) is 11.6 Å². The Kier molecular flexibility index (Phi) is 2.74. The first-order valence-electron chi connectivity index (χ1n) is 4.81. The number of hydrogen-bond donors (Lipinski definition) is 1. The zero-order valence-corrected chi connectivity index (χ0v) is 9.85. The molecule has 5 heteroatoms. The Morgan fingerprint density at radius 3 is 2.50 bits per heavy atom. The Hall–Kier alpha value is -0.970. The summed E-state index contributed by atoms with van der Waals surface area (Å²) < 4.78 is 26.3. The van der Waals surface area contributed by atoms with Gasteiger partial charge in [-0.05, 0) is 46.5 Å². The van der Waals surface area contributed by atoms with Crippen molar-refractivity contribution in [3.05, 3.63) is 33.8 Å². The van der Waals surface area contributed by atoms with Crippen LogP contribution < -0.4 is 0 Å². The second kappa shape index (κ2) is 3.80. The van der Waals surface area contributed by atoms with Crippen LogP contribution in [0.2, 0.25) is 0 Å². The molecule has 0 saturated heterocycles. The predicted octanol–water partition coefficient (Wildman–Crippen LogP) is 3.23. The summed E-state index contributed by atoms with van der Waals surface area (Å²) in [5.41, 5.74) is 0.0591. The van der Waals surface area contributed by atoms with Crippen molar-refractivity contribution in [1.82, 2.24) is 0 Å². The minimum Gasteiger partial charge on any atom is -0.481 e. The molecule has 0 aromatic heterocycles. The highest BCUT2D eigenvalue weighted by Crippen LogP contribution is 2.51. The van der Waals surface area contributed by atoms with Crippen LogP contribution in [0.4, 0.5) is 8.78 Å². The van der Waals surface area contributed by atoms with Gasteiger partial charge >= 0.3 is 5.97 Å². The molecule has 1 aromatic carbocycles. The van der Waals surface area contributed by atoms with Crippen LogP contribution in [0.15, 0.2) is 16.6 Å².